The van der Waals surface area contributed by atoms with Gasteiger partial charge in [-0.3, -0.25) is 0 Å². The van der Waals surface area contributed by atoms with Gasteiger partial charge in [-0.05, 0) is 30.3 Å². The van der Waals surface area contributed by atoms with Crippen molar-refractivity contribution in [1.82, 2.24) is 0 Å². The molecule has 0 amide bonds. The first-order chi connectivity index (χ1) is 5.05. The molecule has 1 N–H and O–H groups in total. The standard InChI is InChI=1S/C10H18O/c1-4-8-7-10(2,3)6-5-9(8)11/h7,9,11H,4-6H2,1-3H3. The SMILES string of the molecule is CCC1=CC(C)(C)CCC1O. The lowest BCUT2D eigenvalue weighted by molar-refractivity contribution is 0.164. The first kappa shape index (κ1) is 8.79. The molecule has 1 unspecified atom stereocenters. The highest BCUT2D eigenvalue weighted by atomic mass is 16.3. The zero-order valence-electron chi connectivity index (χ0n) is 7.72. The second-order valence-electron chi connectivity index (χ2n) is 4.12. The zero-order chi connectivity index (χ0) is 8.48. The maximum Gasteiger partial charge on any atom is 0.0750 e. The van der Waals surface area contributed by atoms with Crippen molar-refractivity contribution in [3.05, 3.63) is 11.6 Å². The van der Waals surface area contributed by atoms with Gasteiger partial charge in [-0.2, -0.15) is 0 Å². The summed E-state index contributed by atoms with van der Waals surface area (Å²) in [4.78, 5) is 0. The van der Waals surface area contributed by atoms with Crippen molar-refractivity contribution in [3.63, 3.8) is 0 Å². The van der Waals surface area contributed by atoms with E-state index in [1.165, 1.54) is 5.57 Å². The fourth-order valence-electron chi connectivity index (χ4n) is 1.70. The molecule has 0 saturated carbocycles. The normalized spacial score (nSPS) is 29.8. The molecular weight excluding hydrogens is 136 g/mol. The molecule has 1 aliphatic carbocycles. The van der Waals surface area contributed by atoms with Crippen molar-refractivity contribution in [2.45, 2.75) is 46.1 Å². The third kappa shape index (κ3) is 2.06. The van der Waals surface area contributed by atoms with E-state index in [4.69, 9.17) is 0 Å². The van der Waals surface area contributed by atoms with Crippen LogP contribution in [0.5, 0.6) is 0 Å². The minimum atomic E-state index is -0.159. The van der Waals surface area contributed by atoms with Gasteiger partial charge in [0.2, 0.25) is 0 Å². The van der Waals surface area contributed by atoms with E-state index in [2.05, 4.69) is 26.8 Å². The second kappa shape index (κ2) is 2.98. The van der Waals surface area contributed by atoms with Gasteiger partial charge in [-0.25, -0.2) is 0 Å². The van der Waals surface area contributed by atoms with E-state index >= 15 is 0 Å². The first-order valence-corrected chi connectivity index (χ1v) is 4.45. The van der Waals surface area contributed by atoms with Gasteiger partial charge in [0, 0.05) is 0 Å². The Morgan fingerprint density at radius 2 is 2.27 bits per heavy atom. The Bertz CT molecular complexity index is 168. The Balaban J connectivity index is 2.77. The van der Waals surface area contributed by atoms with E-state index in [0.717, 1.165) is 19.3 Å². The van der Waals surface area contributed by atoms with Crippen LogP contribution in [0, 0.1) is 5.41 Å². The summed E-state index contributed by atoms with van der Waals surface area (Å²) in [5.74, 6) is 0. The number of allylic oxidation sites excluding steroid dienone is 1. The van der Waals surface area contributed by atoms with Crippen LogP contribution in [0.2, 0.25) is 0 Å². The summed E-state index contributed by atoms with van der Waals surface area (Å²) in [6.07, 6.45) is 5.11. The minimum Gasteiger partial charge on any atom is -0.389 e. The largest absolute Gasteiger partial charge is 0.389 e. The quantitative estimate of drug-likeness (QED) is 0.575. The molecule has 64 valence electrons. The summed E-state index contributed by atoms with van der Waals surface area (Å²) in [5.41, 5.74) is 1.53. The van der Waals surface area contributed by atoms with Crippen LogP contribution >= 0.6 is 0 Å². The highest BCUT2D eigenvalue weighted by Crippen LogP contribution is 2.34. The molecule has 1 atom stereocenters. The summed E-state index contributed by atoms with van der Waals surface area (Å²) in [6, 6.07) is 0. The predicted molar refractivity (Wildman–Crippen MR) is 47.4 cm³/mol. The van der Waals surface area contributed by atoms with Gasteiger partial charge in [0.05, 0.1) is 6.10 Å². The Hall–Kier alpha value is -0.300. The van der Waals surface area contributed by atoms with Crippen LogP contribution in [0.25, 0.3) is 0 Å². The molecule has 0 aromatic carbocycles. The molecule has 0 saturated heterocycles. The Kier molecular flexibility index (Phi) is 2.38. The molecule has 0 spiro atoms. The third-order valence-corrected chi connectivity index (χ3v) is 2.47. The fourth-order valence-corrected chi connectivity index (χ4v) is 1.70. The molecule has 0 fully saturated rings. The van der Waals surface area contributed by atoms with E-state index in [0.29, 0.717) is 5.41 Å². The van der Waals surface area contributed by atoms with Gasteiger partial charge in [-0.15, -0.1) is 0 Å². The van der Waals surface area contributed by atoms with Gasteiger partial charge >= 0.3 is 0 Å². The van der Waals surface area contributed by atoms with Gasteiger partial charge in [0.15, 0.2) is 0 Å². The first-order valence-electron chi connectivity index (χ1n) is 4.45. The van der Waals surface area contributed by atoms with Crippen molar-refractivity contribution >= 4 is 0 Å². The summed E-state index contributed by atoms with van der Waals surface area (Å²) < 4.78 is 0. The topological polar surface area (TPSA) is 20.2 Å². The van der Waals surface area contributed by atoms with Crippen molar-refractivity contribution in [1.29, 1.82) is 0 Å². The van der Waals surface area contributed by atoms with E-state index in [1.54, 1.807) is 0 Å². The number of hydrogen-bond donors (Lipinski definition) is 1. The van der Waals surface area contributed by atoms with Crippen molar-refractivity contribution in [2.24, 2.45) is 5.41 Å². The molecule has 0 aliphatic heterocycles. The molecule has 1 nitrogen and oxygen atoms in total. The zero-order valence-corrected chi connectivity index (χ0v) is 7.72. The lowest BCUT2D eigenvalue weighted by atomic mass is 9.78. The average Bonchev–Trinajstić information content (AvgIpc) is 1.94. The third-order valence-electron chi connectivity index (χ3n) is 2.47. The monoisotopic (exact) mass is 154 g/mol. The average molecular weight is 154 g/mol. The smallest absolute Gasteiger partial charge is 0.0750 e. The number of aliphatic hydroxyl groups is 1. The van der Waals surface area contributed by atoms with Crippen LogP contribution in [0.3, 0.4) is 0 Å². The fraction of sp³-hybridized carbons (Fsp3) is 0.800. The maximum atomic E-state index is 9.53. The number of hydrogen-bond acceptors (Lipinski definition) is 1. The van der Waals surface area contributed by atoms with Crippen molar-refractivity contribution in [3.8, 4) is 0 Å². The molecular formula is C10H18O. The van der Waals surface area contributed by atoms with Crippen LogP contribution in [0.1, 0.15) is 40.0 Å². The molecule has 0 aromatic rings. The van der Waals surface area contributed by atoms with E-state index < -0.39 is 0 Å². The number of rotatable bonds is 1. The summed E-state index contributed by atoms with van der Waals surface area (Å²) in [7, 11) is 0. The van der Waals surface area contributed by atoms with Crippen LogP contribution < -0.4 is 0 Å². The molecule has 1 rings (SSSR count). The summed E-state index contributed by atoms with van der Waals surface area (Å²) in [6.45, 7) is 6.57. The molecule has 0 radical (unpaired) electrons. The van der Waals surface area contributed by atoms with E-state index in [9.17, 15) is 5.11 Å². The lowest BCUT2D eigenvalue weighted by Crippen LogP contribution is -2.23. The highest BCUT2D eigenvalue weighted by Gasteiger charge is 2.24. The van der Waals surface area contributed by atoms with Gasteiger partial charge < -0.3 is 5.11 Å². The Morgan fingerprint density at radius 1 is 1.64 bits per heavy atom. The lowest BCUT2D eigenvalue weighted by Gasteiger charge is -2.30. The van der Waals surface area contributed by atoms with Crippen molar-refractivity contribution < 1.29 is 5.11 Å². The maximum absolute atomic E-state index is 9.53. The molecule has 11 heavy (non-hydrogen) atoms. The highest BCUT2D eigenvalue weighted by molar-refractivity contribution is 5.15. The van der Waals surface area contributed by atoms with Crippen LogP contribution in [-0.2, 0) is 0 Å². The van der Waals surface area contributed by atoms with Gasteiger partial charge in [0.1, 0.15) is 0 Å². The van der Waals surface area contributed by atoms with Crippen molar-refractivity contribution in [2.75, 3.05) is 0 Å². The molecule has 1 aliphatic rings. The predicted octanol–water partition coefficient (Wildman–Crippen LogP) is 2.50. The molecule has 0 bridgehead atoms. The van der Waals surface area contributed by atoms with E-state index in [1.807, 2.05) is 0 Å². The second-order valence-corrected chi connectivity index (χ2v) is 4.12. The summed E-state index contributed by atoms with van der Waals surface area (Å²) >= 11 is 0. The molecule has 1 heteroatoms. The summed E-state index contributed by atoms with van der Waals surface area (Å²) in [5, 5.41) is 9.53. The minimum absolute atomic E-state index is 0.159. The van der Waals surface area contributed by atoms with Crippen LogP contribution in [0.4, 0.5) is 0 Å². The molecule has 0 aromatic heterocycles. The Labute approximate surface area is 69.1 Å². The molecule has 0 heterocycles. The number of aliphatic hydroxyl groups excluding tert-OH is 1. The van der Waals surface area contributed by atoms with Gasteiger partial charge in [0.25, 0.3) is 0 Å². The van der Waals surface area contributed by atoms with Gasteiger partial charge in [-0.1, -0.05) is 26.8 Å². The van der Waals surface area contributed by atoms with Crippen LogP contribution in [0.15, 0.2) is 11.6 Å². The Morgan fingerprint density at radius 3 is 2.73 bits per heavy atom. The van der Waals surface area contributed by atoms with E-state index in [-0.39, 0.29) is 6.10 Å². The van der Waals surface area contributed by atoms with Crippen LogP contribution in [-0.4, -0.2) is 11.2 Å².